The number of hydrogen-bond donors (Lipinski definition) is 2. The van der Waals surface area contributed by atoms with Gasteiger partial charge in [0.1, 0.15) is 0 Å². The largest absolute Gasteiger partial charge is 0.356 e. The highest BCUT2D eigenvalue weighted by atomic mass is 16.5. The molecule has 19 heavy (non-hydrogen) atoms. The van der Waals surface area contributed by atoms with Crippen LogP contribution in [0.2, 0.25) is 0 Å². The molecule has 0 saturated carbocycles. The lowest BCUT2D eigenvalue weighted by Gasteiger charge is -2.11. The maximum Gasteiger partial charge on any atom is 0.166 e. The van der Waals surface area contributed by atoms with E-state index < -0.39 is 0 Å². The Balaban J connectivity index is 1.68. The molecule has 1 aliphatic rings. The van der Waals surface area contributed by atoms with Crippen LogP contribution >= 0.6 is 0 Å². The molecule has 0 saturated heterocycles. The normalized spacial score (nSPS) is 14.5. The van der Waals surface area contributed by atoms with Gasteiger partial charge in [-0.1, -0.05) is 5.16 Å². The summed E-state index contributed by atoms with van der Waals surface area (Å²) < 4.78 is 5.10. The molecule has 0 amide bonds. The van der Waals surface area contributed by atoms with Crippen molar-refractivity contribution in [1.29, 1.82) is 0 Å². The van der Waals surface area contributed by atoms with Gasteiger partial charge in [-0.3, -0.25) is 5.10 Å². The van der Waals surface area contributed by atoms with Crippen LogP contribution < -0.4 is 5.32 Å². The number of rotatable bonds is 2. The summed E-state index contributed by atoms with van der Waals surface area (Å²) in [6.07, 6.45) is 6.42. The Kier molecular flexibility index (Phi) is 2.30. The van der Waals surface area contributed by atoms with Gasteiger partial charge in [-0.2, -0.15) is 5.10 Å². The number of fused-ring (bicyclic) bond motifs is 2. The Morgan fingerprint density at radius 2 is 2.16 bits per heavy atom. The lowest BCUT2D eigenvalue weighted by Crippen LogP contribution is -2.02. The van der Waals surface area contributed by atoms with Crippen molar-refractivity contribution in [3.8, 4) is 0 Å². The maximum absolute atomic E-state index is 5.10. The van der Waals surface area contributed by atoms with Crippen LogP contribution in [0.25, 0.3) is 11.0 Å². The number of hydrogen-bond acceptors (Lipinski definition) is 4. The number of H-pyrrole nitrogens is 1. The molecule has 2 aromatic heterocycles. The summed E-state index contributed by atoms with van der Waals surface area (Å²) in [6.45, 7) is 0. The molecule has 2 N–H and O–H groups in total. The third-order valence-electron chi connectivity index (χ3n) is 3.67. The van der Waals surface area contributed by atoms with E-state index in [4.69, 9.17) is 4.52 Å². The molecular formula is C14H14N4O. The fourth-order valence-electron chi connectivity index (χ4n) is 2.67. The van der Waals surface area contributed by atoms with Gasteiger partial charge >= 0.3 is 0 Å². The van der Waals surface area contributed by atoms with E-state index in [-0.39, 0.29) is 0 Å². The monoisotopic (exact) mass is 254 g/mol. The number of nitrogens with one attached hydrogen (secondary N) is 2. The fraction of sp³-hybridized carbons (Fsp3) is 0.286. The molecule has 0 bridgehead atoms. The van der Waals surface area contributed by atoms with Crippen LogP contribution in [0.4, 0.5) is 11.5 Å². The molecule has 0 unspecified atom stereocenters. The number of aromatic nitrogens is 3. The number of anilines is 2. The van der Waals surface area contributed by atoms with Gasteiger partial charge in [0.2, 0.25) is 0 Å². The van der Waals surface area contributed by atoms with Crippen LogP contribution in [0, 0.1) is 0 Å². The zero-order chi connectivity index (χ0) is 12.7. The molecule has 0 spiro atoms. The first-order valence-corrected chi connectivity index (χ1v) is 6.58. The summed E-state index contributed by atoms with van der Waals surface area (Å²) in [5, 5.41) is 15.7. The van der Waals surface area contributed by atoms with E-state index >= 15 is 0 Å². The van der Waals surface area contributed by atoms with Crippen LogP contribution in [-0.2, 0) is 12.8 Å². The molecule has 0 aliphatic heterocycles. The summed E-state index contributed by atoms with van der Waals surface area (Å²) in [5.41, 5.74) is 4.42. The van der Waals surface area contributed by atoms with E-state index in [0.29, 0.717) is 0 Å². The zero-order valence-corrected chi connectivity index (χ0v) is 10.4. The van der Waals surface area contributed by atoms with E-state index in [2.05, 4.69) is 20.7 Å². The van der Waals surface area contributed by atoms with E-state index in [1.807, 2.05) is 18.2 Å². The van der Waals surface area contributed by atoms with Gasteiger partial charge in [-0.25, -0.2) is 0 Å². The second kappa shape index (κ2) is 4.12. The van der Waals surface area contributed by atoms with Crippen LogP contribution in [-0.4, -0.2) is 15.4 Å². The molecule has 4 rings (SSSR count). The number of aryl methyl sites for hydroxylation is 1. The van der Waals surface area contributed by atoms with Crippen molar-refractivity contribution < 1.29 is 4.52 Å². The van der Waals surface area contributed by atoms with Gasteiger partial charge in [0.15, 0.2) is 11.4 Å². The van der Waals surface area contributed by atoms with Gasteiger partial charge in [0.05, 0.1) is 6.20 Å². The smallest absolute Gasteiger partial charge is 0.166 e. The third kappa shape index (κ3) is 1.78. The van der Waals surface area contributed by atoms with E-state index in [9.17, 15) is 0 Å². The predicted molar refractivity (Wildman–Crippen MR) is 72.5 cm³/mol. The van der Waals surface area contributed by atoms with Crippen LogP contribution in [0.15, 0.2) is 28.9 Å². The van der Waals surface area contributed by atoms with Crippen molar-refractivity contribution in [2.24, 2.45) is 0 Å². The molecular weight excluding hydrogens is 240 g/mol. The minimum absolute atomic E-state index is 0.801. The summed E-state index contributed by atoms with van der Waals surface area (Å²) in [5.74, 6) is 0.950. The minimum Gasteiger partial charge on any atom is -0.356 e. The van der Waals surface area contributed by atoms with Gasteiger partial charge in [0, 0.05) is 22.3 Å². The highest BCUT2D eigenvalue weighted by Crippen LogP contribution is 2.28. The first-order chi connectivity index (χ1) is 9.40. The van der Waals surface area contributed by atoms with Crippen molar-refractivity contribution in [1.82, 2.24) is 15.4 Å². The van der Waals surface area contributed by atoms with Crippen molar-refractivity contribution in [3.63, 3.8) is 0 Å². The molecule has 0 fully saturated rings. The predicted octanol–water partition coefficient (Wildman–Crippen LogP) is 3.17. The Morgan fingerprint density at radius 3 is 3.16 bits per heavy atom. The SMILES string of the molecule is c1cc2oncc2cc1Nc1n[nH]c2c1CCCC2. The second-order valence-electron chi connectivity index (χ2n) is 4.94. The summed E-state index contributed by atoms with van der Waals surface area (Å²) in [4.78, 5) is 0. The van der Waals surface area contributed by atoms with Crippen molar-refractivity contribution >= 4 is 22.5 Å². The molecule has 3 aromatic rings. The highest BCUT2D eigenvalue weighted by Gasteiger charge is 2.16. The summed E-state index contributed by atoms with van der Waals surface area (Å²) in [6, 6.07) is 5.93. The van der Waals surface area contributed by atoms with Gasteiger partial charge in [-0.15, -0.1) is 0 Å². The first kappa shape index (κ1) is 10.6. The van der Waals surface area contributed by atoms with E-state index in [0.717, 1.165) is 35.3 Å². The second-order valence-corrected chi connectivity index (χ2v) is 4.94. The molecule has 5 heteroatoms. The Hall–Kier alpha value is -2.30. The third-order valence-corrected chi connectivity index (χ3v) is 3.67. The van der Waals surface area contributed by atoms with Crippen molar-refractivity contribution in [2.75, 3.05) is 5.32 Å². The van der Waals surface area contributed by atoms with Crippen molar-refractivity contribution in [2.45, 2.75) is 25.7 Å². The first-order valence-electron chi connectivity index (χ1n) is 6.58. The minimum atomic E-state index is 0.801. The Morgan fingerprint density at radius 1 is 1.21 bits per heavy atom. The van der Waals surface area contributed by atoms with Crippen molar-refractivity contribution in [3.05, 3.63) is 35.7 Å². The maximum atomic E-state index is 5.10. The quantitative estimate of drug-likeness (QED) is 0.737. The summed E-state index contributed by atoms with van der Waals surface area (Å²) in [7, 11) is 0. The van der Waals surface area contributed by atoms with Crippen LogP contribution in [0.5, 0.6) is 0 Å². The van der Waals surface area contributed by atoms with E-state index in [1.165, 1.54) is 24.1 Å². The van der Waals surface area contributed by atoms with Gasteiger partial charge in [0.25, 0.3) is 0 Å². The van der Waals surface area contributed by atoms with Gasteiger partial charge < -0.3 is 9.84 Å². The lowest BCUT2D eigenvalue weighted by atomic mass is 9.97. The fourth-order valence-corrected chi connectivity index (χ4v) is 2.67. The van der Waals surface area contributed by atoms with E-state index in [1.54, 1.807) is 6.20 Å². The Labute approximate surface area is 110 Å². The summed E-state index contributed by atoms with van der Waals surface area (Å²) >= 11 is 0. The molecule has 1 aliphatic carbocycles. The van der Waals surface area contributed by atoms with Gasteiger partial charge in [-0.05, 0) is 43.9 Å². The van der Waals surface area contributed by atoms with Crippen LogP contribution in [0.3, 0.4) is 0 Å². The molecule has 2 heterocycles. The molecule has 0 atom stereocenters. The average Bonchev–Trinajstić information content (AvgIpc) is 3.06. The lowest BCUT2D eigenvalue weighted by molar-refractivity contribution is 0.456. The molecule has 0 radical (unpaired) electrons. The Bertz CT molecular complexity index is 728. The number of nitrogens with zero attached hydrogens (tertiary/aromatic N) is 2. The molecule has 5 nitrogen and oxygen atoms in total. The highest BCUT2D eigenvalue weighted by molar-refractivity contribution is 5.81. The topological polar surface area (TPSA) is 66.7 Å². The molecule has 1 aromatic carbocycles. The number of benzene rings is 1. The zero-order valence-electron chi connectivity index (χ0n) is 10.4. The average molecular weight is 254 g/mol. The van der Waals surface area contributed by atoms with Crippen LogP contribution in [0.1, 0.15) is 24.1 Å². The number of aromatic amines is 1. The standard InChI is InChI=1S/C14H14N4O/c1-2-4-12-11(3-1)14(18-17-12)16-10-5-6-13-9(7-10)8-15-19-13/h5-8H,1-4H2,(H2,16,17,18). The molecule has 96 valence electrons.